The van der Waals surface area contributed by atoms with Crippen LogP contribution in [0.15, 0.2) is 0 Å². The van der Waals surface area contributed by atoms with E-state index >= 15 is 0 Å². The average molecular weight is 194 g/mol. The van der Waals surface area contributed by atoms with Gasteiger partial charge in [0.1, 0.15) is 0 Å². The minimum absolute atomic E-state index is 0.359. The molecule has 2 aliphatic rings. The Labute approximate surface area is 85.6 Å². The van der Waals surface area contributed by atoms with Crippen LogP contribution >= 0.6 is 0 Å². The van der Waals surface area contributed by atoms with Crippen LogP contribution in [0.1, 0.15) is 25.7 Å². The number of methoxy groups -OCH3 is 1. The number of nitriles is 1. The van der Waals surface area contributed by atoms with Crippen LogP contribution < -0.4 is 0 Å². The lowest BCUT2D eigenvalue weighted by atomic mass is 10.0. The standard InChI is InChI=1S/C11H18N2O/c1-14-10-2-7-13(8-10)9-11(3-4-11)5-6-12/h10H,2-5,7-9H2,1H3. The summed E-state index contributed by atoms with van der Waals surface area (Å²) in [6, 6.07) is 2.31. The molecule has 0 radical (unpaired) electrons. The summed E-state index contributed by atoms with van der Waals surface area (Å²) in [5.41, 5.74) is 0.359. The van der Waals surface area contributed by atoms with E-state index < -0.39 is 0 Å². The predicted molar refractivity (Wildman–Crippen MR) is 53.8 cm³/mol. The third-order valence-corrected chi connectivity index (χ3v) is 3.53. The van der Waals surface area contributed by atoms with Crippen LogP contribution in [0.2, 0.25) is 0 Å². The Morgan fingerprint density at radius 1 is 1.57 bits per heavy atom. The minimum atomic E-state index is 0.359. The van der Waals surface area contributed by atoms with Crippen LogP contribution in [0, 0.1) is 16.7 Å². The smallest absolute Gasteiger partial charge is 0.0710 e. The van der Waals surface area contributed by atoms with Gasteiger partial charge in [-0.2, -0.15) is 5.26 Å². The minimum Gasteiger partial charge on any atom is -0.380 e. The van der Waals surface area contributed by atoms with E-state index in [4.69, 9.17) is 10.00 Å². The molecular formula is C11H18N2O. The maximum absolute atomic E-state index is 8.72. The number of rotatable bonds is 4. The zero-order chi connectivity index (χ0) is 10.0. The first-order valence-corrected chi connectivity index (χ1v) is 5.40. The van der Waals surface area contributed by atoms with Gasteiger partial charge in [0.05, 0.1) is 12.2 Å². The van der Waals surface area contributed by atoms with Crippen LogP contribution in [0.5, 0.6) is 0 Å². The van der Waals surface area contributed by atoms with Crippen molar-refractivity contribution in [3.05, 3.63) is 0 Å². The first-order valence-electron chi connectivity index (χ1n) is 5.40. The van der Waals surface area contributed by atoms with Crippen molar-refractivity contribution in [1.82, 2.24) is 4.90 Å². The van der Waals surface area contributed by atoms with E-state index in [1.165, 1.54) is 12.8 Å². The Balaban J connectivity index is 1.79. The molecule has 78 valence electrons. The second-order valence-corrected chi connectivity index (χ2v) is 4.72. The largest absolute Gasteiger partial charge is 0.380 e. The van der Waals surface area contributed by atoms with E-state index in [9.17, 15) is 0 Å². The highest BCUT2D eigenvalue weighted by Gasteiger charge is 2.44. The summed E-state index contributed by atoms with van der Waals surface area (Å²) in [6.07, 6.45) is 4.80. The molecule has 1 atom stereocenters. The summed E-state index contributed by atoms with van der Waals surface area (Å²) in [7, 11) is 1.79. The number of hydrogen-bond donors (Lipinski definition) is 0. The van der Waals surface area contributed by atoms with Crippen molar-refractivity contribution in [2.24, 2.45) is 5.41 Å². The van der Waals surface area contributed by atoms with Gasteiger partial charge in [0.15, 0.2) is 0 Å². The molecule has 0 aromatic rings. The molecule has 0 amide bonds. The highest BCUT2D eigenvalue weighted by Crippen LogP contribution is 2.49. The first kappa shape index (κ1) is 9.95. The van der Waals surface area contributed by atoms with Crippen LogP contribution in [-0.4, -0.2) is 37.7 Å². The molecule has 14 heavy (non-hydrogen) atoms. The summed E-state index contributed by atoms with van der Waals surface area (Å²) in [5.74, 6) is 0. The number of likely N-dealkylation sites (tertiary alicyclic amines) is 1. The summed E-state index contributed by atoms with van der Waals surface area (Å²) in [4.78, 5) is 2.46. The second kappa shape index (κ2) is 3.88. The van der Waals surface area contributed by atoms with Gasteiger partial charge in [0, 0.05) is 33.2 Å². The molecule has 3 nitrogen and oxygen atoms in total. The number of hydrogen-bond acceptors (Lipinski definition) is 3. The van der Waals surface area contributed by atoms with Crippen molar-refractivity contribution in [3.63, 3.8) is 0 Å². The monoisotopic (exact) mass is 194 g/mol. The van der Waals surface area contributed by atoms with Gasteiger partial charge in [-0.3, -0.25) is 0 Å². The lowest BCUT2D eigenvalue weighted by molar-refractivity contribution is 0.105. The van der Waals surface area contributed by atoms with Gasteiger partial charge >= 0.3 is 0 Å². The first-order chi connectivity index (χ1) is 6.78. The van der Waals surface area contributed by atoms with E-state index in [2.05, 4.69) is 11.0 Å². The molecule has 1 unspecified atom stereocenters. The SMILES string of the molecule is COC1CCN(CC2(CC#N)CC2)C1. The molecule has 1 aliphatic heterocycles. The topological polar surface area (TPSA) is 36.3 Å². The molecule has 1 saturated carbocycles. The van der Waals surface area contributed by atoms with Gasteiger partial charge in [-0.1, -0.05) is 0 Å². The lowest BCUT2D eigenvalue weighted by Gasteiger charge is -2.21. The third-order valence-electron chi connectivity index (χ3n) is 3.53. The summed E-state index contributed by atoms with van der Waals surface area (Å²) < 4.78 is 5.33. The van der Waals surface area contributed by atoms with E-state index in [0.29, 0.717) is 11.5 Å². The van der Waals surface area contributed by atoms with E-state index in [0.717, 1.165) is 32.5 Å². The van der Waals surface area contributed by atoms with Gasteiger partial charge < -0.3 is 9.64 Å². The zero-order valence-electron chi connectivity index (χ0n) is 8.83. The molecule has 2 rings (SSSR count). The van der Waals surface area contributed by atoms with Crippen molar-refractivity contribution in [2.75, 3.05) is 26.7 Å². The van der Waals surface area contributed by atoms with Crippen LogP contribution in [-0.2, 0) is 4.74 Å². The van der Waals surface area contributed by atoms with Gasteiger partial charge in [0.25, 0.3) is 0 Å². The Morgan fingerprint density at radius 3 is 2.86 bits per heavy atom. The van der Waals surface area contributed by atoms with Gasteiger partial charge in [-0.15, -0.1) is 0 Å². The van der Waals surface area contributed by atoms with Crippen molar-refractivity contribution in [2.45, 2.75) is 31.8 Å². The predicted octanol–water partition coefficient (Wildman–Crippen LogP) is 1.40. The van der Waals surface area contributed by atoms with E-state index in [1.54, 1.807) is 7.11 Å². The summed E-state index contributed by atoms with van der Waals surface area (Å²) >= 11 is 0. The van der Waals surface area contributed by atoms with Crippen molar-refractivity contribution in [1.29, 1.82) is 5.26 Å². The molecule has 2 fully saturated rings. The van der Waals surface area contributed by atoms with Crippen molar-refractivity contribution < 1.29 is 4.74 Å². The number of ether oxygens (including phenoxy) is 1. The Kier molecular flexibility index (Phi) is 2.76. The fourth-order valence-corrected chi connectivity index (χ4v) is 2.34. The van der Waals surface area contributed by atoms with Crippen molar-refractivity contribution in [3.8, 4) is 6.07 Å². The lowest BCUT2D eigenvalue weighted by Crippen LogP contribution is -2.29. The molecule has 0 aromatic carbocycles. The summed E-state index contributed by atoms with van der Waals surface area (Å²) in [6.45, 7) is 3.32. The molecule has 0 spiro atoms. The molecule has 3 heteroatoms. The van der Waals surface area contributed by atoms with Crippen molar-refractivity contribution >= 4 is 0 Å². The fourth-order valence-electron chi connectivity index (χ4n) is 2.34. The quantitative estimate of drug-likeness (QED) is 0.678. The normalized spacial score (nSPS) is 30.1. The van der Waals surface area contributed by atoms with Crippen LogP contribution in [0.4, 0.5) is 0 Å². The maximum Gasteiger partial charge on any atom is 0.0710 e. The third kappa shape index (κ3) is 2.08. The van der Waals surface area contributed by atoms with Gasteiger partial charge in [-0.05, 0) is 24.7 Å². The molecule has 0 aromatic heterocycles. The highest BCUT2D eigenvalue weighted by atomic mass is 16.5. The Bertz CT molecular complexity index is 242. The average Bonchev–Trinajstić information content (AvgIpc) is 2.78. The fraction of sp³-hybridized carbons (Fsp3) is 0.909. The van der Waals surface area contributed by atoms with Gasteiger partial charge in [-0.25, -0.2) is 0 Å². The molecular weight excluding hydrogens is 176 g/mol. The van der Waals surface area contributed by atoms with Gasteiger partial charge in [0.2, 0.25) is 0 Å². The second-order valence-electron chi connectivity index (χ2n) is 4.72. The van der Waals surface area contributed by atoms with E-state index in [-0.39, 0.29) is 0 Å². The Hall–Kier alpha value is -0.590. The molecule has 0 bridgehead atoms. The highest BCUT2D eigenvalue weighted by molar-refractivity contribution is 5.01. The van der Waals surface area contributed by atoms with Crippen LogP contribution in [0.25, 0.3) is 0 Å². The molecule has 1 saturated heterocycles. The van der Waals surface area contributed by atoms with E-state index in [1.807, 2.05) is 0 Å². The maximum atomic E-state index is 8.72. The molecule has 1 aliphatic carbocycles. The zero-order valence-corrected chi connectivity index (χ0v) is 8.83. The molecule has 0 N–H and O–H groups in total. The Morgan fingerprint density at radius 2 is 2.36 bits per heavy atom. The van der Waals surface area contributed by atoms with Crippen LogP contribution in [0.3, 0.4) is 0 Å². The molecule has 1 heterocycles. The number of nitrogens with zero attached hydrogens (tertiary/aromatic N) is 2. The summed E-state index contributed by atoms with van der Waals surface area (Å²) in [5, 5.41) is 8.72.